The lowest BCUT2D eigenvalue weighted by atomic mass is 10.0. The van der Waals surface area contributed by atoms with E-state index in [1.165, 1.54) is 4.90 Å². The predicted molar refractivity (Wildman–Crippen MR) is 89.3 cm³/mol. The lowest BCUT2D eigenvalue weighted by molar-refractivity contribution is -0.250. The van der Waals surface area contributed by atoms with Gasteiger partial charge in [-0.1, -0.05) is 41.9 Å². The molecule has 0 aromatic heterocycles. The largest absolute Gasteiger partial charge is 0.530 e. The van der Waals surface area contributed by atoms with Crippen LogP contribution in [0.1, 0.15) is 11.1 Å². The number of rotatable bonds is 3. The summed E-state index contributed by atoms with van der Waals surface area (Å²) in [6.45, 7) is -0.307. The Morgan fingerprint density at radius 2 is 2.00 bits per heavy atom. The van der Waals surface area contributed by atoms with Gasteiger partial charge >= 0.3 is 0 Å². The topological polar surface area (TPSA) is 84.8 Å². The van der Waals surface area contributed by atoms with Crippen LogP contribution in [0.5, 0.6) is 0 Å². The van der Waals surface area contributed by atoms with E-state index in [1.54, 1.807) is 18.2 Å². The van der Waals surface area contributed by atoms with E-state index in [0.717, 1.165) is 5.56 Å². The van der Waals surface area contributed by atoms with E-state index < -0.39 is 6.09 Å². The van der Waals surface area contributed by atoms with Crippen LogP contribution in [-0.2, 0) is 4.79 Å². The van der Waals surface area contributed by atoms with Crippen molar-refractivity contribution in [2.45, 2.75) is 0 Å². The van der Waals surface area contributed by atoms with Gasteiger partial charge < -0.3 is 15.2 Å². The van der Waals surface area contributed by atoms with E-state index in [4.69, 9.17) is 11.6 Å². The van der Waals surface area contributed by atoms with Gasteiger partial charge in [0.05, 0.1) is 18.1 Å². The number of nitrogens with zero attached hydrogens (tertiary/aromatic N) is 2. The van der Waals surface area contributed by atoms with Gasteiger partial charge in [0.15, 0.2) is 0 Å². The first-order chi connectivity index (χ1) is 11.6. The average Bonchev–Trinajstić information content (AvgIpc) is 2.70. The first kappa shape index (κ1) is 16.0. The highest BCUT2D eigenvalue weighted by atomic mass is 35.5. The van der Waals surface area contributed by atoms with Crippen LogP contribution >= 0.6 is 11.6 Å². The zero-order chi connectivity index (χ0) is 17.1. The Balaban J connectivity index is 2.10. The molecule has 0 bridgehead atoms. The van der Waals surface area contributed by atoms with Crippen LogP contribution in [0.15, 0.2) is 53.5 Å². The Labute approximate surface area is 143 Å². The normalized spacial score (nSPS) is 13.8. The van der Waals surface area contributed by atoms with Crippen molar-refractivity contribution >= 4 is 35.0 Å². The lowest BCUT2D eigenvalue weighted by Gasteiger charge is -2.24. The Morgan fingerprint density at radius 1 is 1.25 bits per heavy atom. The summed E-state index contributed by atoms with van der Waals surface area (Å²) in [7, 11) is 0. The van der Waals surface area contributed by atoms with Crippen LogP contribution in [0.2, 0.25) is 5.02 Å². The Hall–Kier alpha value is -2.86. The summed E-state index contributed by atoms with van der Waals surface area (Å²) < 4.78 is 0. The number of hydrogen-bond acceptors (Lipinski definition) is 4. The predicted octanol–water partition coefficient (Wildman–Crippen LogP) is 1.41. The molecule has 6 nitrogen and oxygen atoms in total. The smallest absolute Gasteiger partial charge is 0.250 e. The zero-order valence-corrected chi connectivity index (χ0v) is 13.3. The number of carbonyl (C=O) groups excluding carboxylic acids is 2. The molecule has 2 aromatic carbocycles. The maximum Gasteiger partial charge on any atom is 0.250 e. The molecule has 0 spiro atoms. The monoisotopic (exact) mass is 342 g/mol. The number of benzene rings is 2. The van der Waals surface area contributed by atoms with E-state index in [2.05, 4.69) is 10.3 Å². The van der Waals surface area contributed by atoms with Crippen molar-refractivity contribution in [2.24, 2.45) is 4.99 Å². The van der Waals surface area contributed by atoms with Gasteiger partial charge in [-0.15, -0.1) is 0 Å². The van der Waals surface area contributed by atoms with E-state index in [-0.39, 0.29) is 19.1 Å². The summed E-state index contributed by atoms with van der Waals surface area (Å²) in [6, 6.07) is 14.5. The maximum absolute atomic E-state index is 12.4. The second-order valence-electron chi connectivity index (χ2n) is 5.14. The fourth-order valence-corrected chi connectivity index (χ4v) is 2.72. The zero-order valence-electron chi connectivity index (χ0n) is 12.5. The quantitative estimate of drug-likeness (QED) is 0.915. The van der Waals surface area contributed by atoms with Crippen LogP contribution in [0.3, 0.4) is 0 Å². The summed E-state index contributed by atoms with van der Waals surface area (Å²) in [4.78, 5) is 28.8. The number of nitrogens with one attached hydrogen (secondary N) is 1. The van der Waals surface area contributed by atoms with Crippen molar-refractivity contribution in [2.75, 3.05) is 18.1 Å². The van der Waals surface area contributed by atoms with Crippen molar-refractivity contribution < 1.29 is 14.7 Å². The van der Waals surface area contributed by atoms with E-state index in [0.29, 0.717) is 22.0 Å². The summed E-state index contributed by atoms with van der Waals surface area (Å²) >= 11 is 6.12. The number of fused-ring (bicyclic) bond motifs is 1. The molecule has 2 amide bonds. The van der Waals surface area contributed by atoms with Gasteiger partial charge in [0.1, 0.15) is 12.6 Å². The van der Waals surface area contributed by atoms with Crippen molar-refractivity contribution in [3.63, 3.8) is 0 Å². The summed E-state index contributed by atoms with van der Waals surface area (Å²) in [5, 5.41) is 13.3. The number of hydrogen-bond donors (Lipinski definition) is 1. The fraction of sp³-hybridized carbons (Fsp3) is 0.118. The molecule has 7 heteroatoms. The van der Waals surface area contributed by atoms with Crippen molar-refractivity contribution in [3.8, 4) is 0 Å². The number of carbonyl (C=O) groups is 2. The van der Waals surface area contributed by atoms with Gasteiger partial charge in [0.25, 0.3) is 0 Å². The maximum atomic E-state index is 12.4. The molecule has 1 heterocycles. The van der Waals surface area contributed by atoms with Crippen molar-refractivity contribution in [1.29, 1.82) is 0 Å². The molecular formula is C17H13ClN3O3-. The third-order valence-electron chi connectivity index (χ3n) is 3.61. The third kappa shape index (κ3) is 3.23. The highest BCUT2D eigenvalue weighted by molar-refractivity contribution is 6.32. The minimum atomic E-state index is -1.45. The molecule has 1 aliphatic rings. The SMILES string of the molecule is O=C([O-])NCN1C(=O)CN=C(c2ccccc2)c2cc(Cl)ccc21. The second-order valence-corrected chi connectivity index (χ2v) is 5.57. The molecule has 0 aliphatic carbocycles. The van der Waals surface area contributed by atoms with Crippen LogP contribution in [-0.4, -0.2) is 30.9 Å². The van der Waals surface area contributed by atoms with Gasteiger partial charge in [-0.2, -0.15) is 0 Å². The number of aliphatic imine (C=N–C) groups is 1. The second kappa shape index (κ2) is 6.72. The fourth-order valence-electron chi connectivity index (χ4n) is 2.54. The molecule has 2 aromatic rings. The molecule has 0 saturated heterocycles. The standard InChI is InChI=1S/C17H14ClN3O3/c18-12-6-7-14-13(8-12)16(11-4-2-1-3-5-11)19-9-15(22)21(14)10-20-17(23)24/h1-8,20H,9-10H2,(H,23,24)/p-1. The molecule has 1 N–H and O–H groups in total. The average molecular weight is 343 g/mol. The minimum absolute atomic E-state index is 0.0920. The molecule has 0 saturated carbocycles. The summed E-state index contributed by atoms with van der Waals surface area (Å²) in [5.41, 5.74) is 2.69. The number of amides is 2. The van der Waals surface area contributed by atoms with Crippen LogP contribution in [0, 0.1) is 0 Å². The summed E-state index contributed by atoms with van der Waals surface area (Å²) in [6.07, 6.45) is -1.45. The van der Waals surface area contributed by atoms with E-state index in [1.807, 2.05) is 30.3 Å². The molecule has 122 valence electrons. The number of halogens is 1. The van der Waals surface area contributed by atoms with Crippen LogP contribution < -0.4 is 15.3 Å². The Bertz CT molecular complexity index is 821. The number of benzodiazepines with no additional fused rings is 1. The molecule has 0 fully saturated rings. The molecule has 0 atom stereocenters. The number of carboxylic acid groups (broad SMARTS) is 1. The van der Waals surface area contributed by atoms with Gasteiger partial charge in [-0.25, -0.2) is 0 Å². The molecule has 24 heavy (non-hydrogen) atoms. The summed E-state index contributed by atoms with van der Waals surface area (Å²) in [5.74, 6) is -0.321. The minimum Gasteiger partial charge on any atom is -0.530 e. The first-order valence-corrected chi connectivity index (χ1v) is 7.59. The van der Waals surface area contributed by atoms with Crippen molar-refractivity contribution in [1.82, 2.24) is 5.32 Å². The molecule has 3 rings (SSSR count). The van der Waals surface area contributed by atoms with Gasteiger partial charge in [0, 0.05) is 16.1 Å². The van der Waals surface area contributed by atoms with Gasteiger partial charge in [0.2, 0.25) is 5.91 Å². The first-order valence-electron chi connectivity index (χ1n) is 7.21. The third-order valence-corrected chi connectivity index (χ3v) is 3.84. The molecule has 1 aliphatic heterocycles. The van der Waals surface area contributed by atoms with E-state index >= 15 is 0 Å². The molecule has 0 radical (unpaired) electrons. The Morgan fingerprint density at radius 3 is 2.71 bits per heavy atom. The van der Waals surface area contributed by atoms with Gasteiger partial charge in [-0.3, -0.25) is 14.7 Å². The molecule has 0 unspecified atom stereocenters. The van der Waals surface area contributed by atoms with Crippen molar-refractivity contribution in [3.05, 3.63) is 64.7 Å². The molecular weight excluding hydrogens is 330 g/mol. The van der Waals surface area contributed by atoms with E-state index in [9.17, 15) is 14.7 Å². The van der Waals surface area contributed by atoms with Crippen LogP contribution in [0.25, 0.3) is 0 Å². The van der Waals surface area contributed by atoms with Crippen LogP contribution in [0.4, 0.5) is 10.5 Å². The highest BCUT2D eigenvalue weighted by Gasteiger charge is 2.25. The Kier molecular flexibility index (Phi) is 4.48. The number of anilines is 1. The highest BCUT2D eigenvalue weighted by Crippen LogP contribution is 2.29. The van der Waals surface area contributed by atoms with Gasteiger partial charge in [-0.05, 0) is 18.2 Å². The lowest BCUT2D eigenvalue weighted by Crippen LogP contribution is -2.46.